The van der Waals surface area contributed by atoms with Crippen LogP contribution in [0.2, 0.25) is 0 Å². The summed E-state index contributed by atoms with van der Waals surface area (Å²) in [7, 11) is 1.50. The molecule has 2 amide bonds. The number of methoxy groups -OCH3 is 1. The first-order valence-corrected chi connectivity index (χ1v) is 6.81. The summed E-state index contributed by atoms with van der Waals surface area (Å²) >= 11 is 0. The molecule has 0 radical (unpaired) electrons. The van der Waals surface area contributed by atoms with E-state index in [4.69, 9.17) is 4.74 Å². The highest BCUT2D eigenvalue weighted by atomic mass is 16.5. The number of ether oxygens (including phenoxy) is 1. The SMILES string of the molecule is COCC(O)CCNC(=O)CNC(=O)c1ccc(C)cc1. The number of aliphatic hydroxyl groups excluding tert-OH is 1. The zero-order chi connectivity index (χ0) is 15.7. The number of nitrogens with one attached hydrogen (secondary N) is 2. The molecule has 1 atom stereocenters. The first-order chi connectivity index (χ1) is 10.0. The number of carbonyl (C=O) groups is 2. The second-order valence-corrected chi connectivity index (χ2v) is 4.80. The number of aryl methyl sites for hydroxylation is 1. The molecule has 3 N–H and O–H groups in total. The first kappa shape index (κ1) is 17.1. The quantitative estimate of drug-likeness (QED) is 0.641. The third-order valence-electron chi connectivity index (χ3n) is 2.88. The predicted molar refractivity (Wildman–Crippen MR) is 79.0 cm³/mol. The number of amides is 2. The molecule has 0 bridgehead atoms. The topological polar surface area (TPSA) is 87.7 Å². The van der Waals surface area contributed by atoms with Gasteiger partial charge in [0.15, 0.2) is 0 Å². The molecule has 1 aromatic rings. The van der Waals surface area contributed by atoms with Crippen LogP contribution < -0.4 is 10.6 Å². The van der Waals surface area contributed by atoms with Crippen molar-refractivity contribution in [3.63, 3.8) is 0 Å². The summed E-state index contributed by atoms with van der Waals surface area (Å²) in [5.74, 6) is -0.579. The highest BCUT2D eigenvalue weighted by Crippen LogP contribution is 2.02. The van der Waals surface area contributed by atoms with Gasteiger partial charge in [-0.1, -0.05) is 17.7 Å². The molecule has 0 heterocycles. The van der Waals surface area contributed by atoms with Crippen molar-refractivity contribution in [1.29, 1.82) is 0 Å². The van der Waals surface area contributed by atoms with Crippen molar-refractivity contribution in [1.82, 2.24) is 10.6 Å². The fraction of sp³-hybridized carbons (Fsp3) is 0.467. The summed E-state index contributed by atoms with van der Waals surface area (Å²) in [6.45, 7) is 2.42. The molecule has 0 spiro atoms. The van der Waals surface area contributed by atoms with E-state index in [1.54, 1.807) is 12.1 Å². The lowest BCUT2D eigenvalue weighted by Crippen LogP contribution is -2.38. The van der Waals surface area contributed by atoms with E-state index in [1.807, 2.05) is 19.1 Å². The van der Waals surface area contributed by atoms with E-state index in [0.717, 1.165) is 5.56 Å². The standard InChI is InChI=1S/C15H22N2O4/c1-11-3-5-12(6-4-11)15(20)17-9-14(19)16-8-7-13(18)10-21-2/h3-6,13,18H,7-10H2,1-2H3,(H,16,19)(H,17,20). The predicted octanol–water partition coefficient (Wildman–Crippen LogP) is 0.238. The third-order valence-corrected chi connectivity index (χ3v) is 2.88. The second kappa shape index (κ2) is 9.10. The first-order valence-electron chi connectivity index (χ1n) is 6.81. The van der Waals surface area contributed by atoms with Gasteiger partial charge in [0.2, 0.25) is 5.91 Å². The molecule has 6 heteroatoms. The minimum atomic E-state index is -0.600. The lowest BCUT2D eigenvalue weighted by atomic mass is 10.1. The Bertz CT molecular complexity index is 459. The van der Waals surface area contributed by atoms with E-state index >= 15 is 0 Å². The monoisotopic (exact) mass is 294 g/mol. The molecule has 1 unspecified atom stereocenters. The van der Waals surface area contributed by atoms with E-state index in [1.165, 1.54) is 7.11 Å². The van der Waals surface area contributed by atoms with E-state index in [-0.39, 0.29) is 25.0 Å². The lowest BCUT2D eigenvalue weighted by Gasteiger charge is -2.10. The van der Waals surface area contributed by atoms with Crippen LogP contribution in [0, 0.1) is 6.92 Å². The van der Waals surface area contributed by atoms with Crippen molar-refractivity contribution in [3.05, 3.63) is 35.4 Å². The Kier molecular flexibility index (Phi) is 7.42. The van der Waals surface area contributed by atoms with E-state index in [9.17, 15) is 14.7 Å². The van der Waals surface area contributed by atoms with Crippen LogP contribution in [0.4, 0.5) is 0 Å². The Morgan fingerprint density at radius 3 is 2.52 bits per heavy atom. The van der Waals surface area contributed by atoms with E-state index in [2.05, 4.69) is 10.6 Å². The van der Waals surface area contributed by atoms with Gasteiger partial charge in [-0.3, -0.25) is 9.59 Å². The van der Waals surface area contributed by atoms with Crippen molar-refractivity contribution in [2.24, 2.45) is 0 Å². The van der Waals surface area contributed by atoms with Crippen LogP contribution in [-0.2, 0) is 9.53 Å². The molecule has 0 aliphatic rings. The molecule has 0 fully saturated rings. The largest absolute Gasteiger partial charge is 0.391 e. The van der Waals surface area contributed by atoms with Gasteiger partial charge in [-0.05, 0) is 25.5 Å². The molecule has 0 aliphatic carbocycles. The number of hydrogen-bond acceptors (Lipinski definition) is 4. The van der Waals surface area contributed by atoms with E-state index < -0.39 is 6.10 Å². The lowest BCUT2D eigenvalue weighted by molar-refractivity contribution is -0.120. The number of aliphatic hydroxyl groups is 1. The summed E-state index contributed by atoms with van der Waals surface area (Å²) in [6.07, 6.45) is -0.191. The fourth-order valence-corrected chi connectivity index (χ4v) is 1.68. The second-order valence-electron chi connectivity index (χ2n) is 4.80. The van der Waals surface area contributed by atoms with Crippen molar-refractivity contribution in [2.75, 3.05) is 26.8 Å². The zero-order valence-electron chi connectivity index (χ0n) is 12.4. The highest BCUT2D eigenvalue weighted by molar-refractivity contribution is 5.96. The summed E-state index contributed by atoms with van der Waals surface area (Å²) in [4.78, 5) is 23.3. The van der Waals surface area contributed by atoms with Gasteiger partial charge in [-0.25, -0.2) is 0 Å². The van der Waals surface area contributed by atoms with Gasteiger partial charge in [-0.15, -0.1) is 0 Å². The molecule has 1 aromatic carbocycles. The maximum atomic E-state index is 11.8. The maximum Gasteiger partial charge on any atom is 0.251 e. The van der Waals surface area contributed by atoms with Crippen molar-refractivity contribution < 1.29 is 19.4 Å². The van der Waals surface area contributed by atoms with Crippen LogP contribution >= 0.6 is 0 Å². The average Bonchev–Trinajstić information content (AvgIpc) is 2.46. The van der Waals surface area contributed by atoms with E-state index in [0.29, 0.717) is 18.5 Å². The zero-order valence-corrected chi connectivity index (χ0v) is 12.4. The van der Waals surface area contributed by atoms with Crippen LogP contribution in [0.25, 0.3) is 0 Å². The Morgan fingerprint density at radius 1 is 1.24 bits per heavy atom. The van der Waals surface area contributed by atoms with Crippen LogP contribution in [0.1, 0.15) is 22.3 Å². The maximum absolute atomic E-state index is 11.8. The van der Waals surface area contributed by atoms with Gasteiger partial charge >= 0.3 is 0 Å². The van der Waals surface area contributed by atoms with Gasteiger partial charge in [0.05, 0.1) is 19.3 Å². The van der Waals surface area contributed by atoms with Gasteiger partial charge < -0.3 is 20.5 Å². The molecule has 0 saturated carbocycles. The van der Waals surface area contributed by atoms with Gasteiger partial charge in [0.25, 0.3) is 5.91 Å². The van der Waals surface area contributed by atoms with Crippen LogP contribution in [0.15, 0.2) is 24.3 Å². The minimum absolute atomic E-state index is 0.0902. The number of carbonyl (C=O) groups excluding carboxylic acids is 2. The molecular weight excluding hydrogens is 272 g/mol. The van der Waals surface area contributed by atoms with Crippen molar-refractivity contribution >= 4 is 11.8 Å². The van der Waals surface area contributed by atoms with Gasteiger partial charge in [0.1, 0.15) is 0 Å². The molecule has 0 aliphatic heterocycles. The Morgan fingerprint density at radius 2 is 1.90 bits per heavy atom. The Balaban J connectivity index is 2.23. The van der Waals surface area contributed by atoms with Crippen molar-refractivity contribution in [3.8, 4) is 0 Å². The Labute approximate surface area is 124 Å². The Hall–Kier alpha value is -1.92. The smallest absolute Gasteiger partial charge is 0.251 e. The molecular formula is C15H22N2O4. The molecule has 0 saturated heterocycles. The highest BCUT2D eigenvalue weighted by Gasteiger charge is 2.08. The third kappa shape index (κ3) is 6.87. The molecule has 0 aromatic heterocycles. The number of benzene rings is 1. The van der Waals surface area contributed by atoms with Crippen LogP contribution in [0.3, 0.4) is 0 Å². The summed E-state index contributed by atoms with van der Waals surface area (Å²) in [5.41, 5.74) is 1.59. The summed E-state index contributed by atoms with van der Waals surface area (Å²) in [5, 5.41) is 14.6. The molecule has 21 heavy (non-hydrogen) atoms. The van der Waals surface area contributed by atoms with Gasteiger partial charge in [-0.2, -0.15) is 0 Å². The molecule has 116 valence electrons. The fourth-order valence-electron chi connectivity index (χ4n) is 1.68. The van der Waals surface area contributed by atoms with Gasteiger partial charge in [0, 0.05) is 19.2 Å². The number of hydrogen-bond donors (Lipinski definition) is 3. The molecule has 6 nitrogen and oxygen atoms in total. The summed E-state index contributed by atoms with van der Waals surface area (Å²) in [6, 6.07) is 7.10. The average molecular weight is 294 g/mol. The molecule has 1 rings (SSSR count). The number of rotatable bonds is 8. The van der Waals surface area contributed by atoms with Crippen molar-refractivity contribution in [2.45, 2.75) is 19.4 Å². The summed E-state index contributed by atoms with van der Waals surface area (Å²) < 4.78 is 4.78. The minimum Gasteiger partial charge on any atom is -0.391 e. The normalized spacial score (nSPS) is 11.8. The van der Waals surface area contributed by atoms with Crippen LogP contribution in [-0.4, -0.2) is 49.8 Å². The van der Waals surface area contributed by atoms with Crippen LogP contribution in [0.5, 0.6) is 0 Å².